The molecule has 1 aliphatic heterocycles. The van der Waals surface area contributed by atoms with E-state index in [2.05, 4.69) is 24.1 Å². The minimum Gasteiger partial charge on any atom is -0.394 e. The fourth-order valence-corrected chi connectivity index (χ4v) is 4.05. The van der Waals surface area contributed by atoms with E-state index >= 15 is 0 Å². The molecule has 0 aromatic rings. The second kappa shape index (κ2) is 8.50. The Balaban J connectivity index is 1.90. The Labute approximate surface area is 131 Å². The Bertz CT molecular complexity index is 293. The molecule has 21 heavy (non-hydrogen) atoms. The van der Waals surface area contributed by atoms with Gasteiger partial charge in [0.05, 0.1) is 12.1 Å². The Morgan fingerprint density at radius 1 is 1.10 bits per heavy atom. The van der Waals surface area contributed by atoms with E-state index < -0.39 is 0 Å². The summed E-state index contributed by atoms with van der Waals surface area (Å²) in [6, 6.07) is 0. The van der Waals surface area contributed by atoms with E-state index in [4.69, 9.17) is 0 Å². The molecule has 1 aliphatic carbocycles. The zero-order valence-electron chi connectivity index (χ0n) is 14.2. The standard InChI is InChI=1S/C18H36N2O/c1-3-6-16-7-5-12-20(13-10-16)14-18(15-21,17-8-9-17)19-11-4-2/h16-17,19,21H,3-15H2,1-2H3. The molecule has 2 atom stereocenters. The summed E-state index contributed by atoms with van der Waals surface area (Å²) in [6.07, 6.45) is 10.6. The summed E-state index contributed by atoms with van der Waals surface area (Å²) in [5, 5.41) is 13.8. The van der Waals surface area contributed by atoms with E-state index in [0.717, 1.165) is 25.4 Å². The SMILES string of the molecule is CCCNC(CO)(CN1CCCC(CCC)CC1)C1CC1. The summed E-state index contributed by atoms with van der Waals surface area (Å²) in [5.74, 6) is 1.64. The Morgan fingerprint density at radius 3 is 2.52 bits per heavy atom. The van der Waals surface area contributed by atoms with E-state index in [0.29, 0.717) is 12.5 Å². The molecule has 3 heteroatoms. The third-order valence-corrected chi connectivity index (χ3v) is 5.51. The average molecular weight is 296 g/mol. The van der Waals surface area contributed by atoms with Crippen molar-refractivity contribution >= 4 is 0 Å². The van der Waals surface area contributed by atoms with Crippen LogP contribution >= 0.6 is 0 Å². The summed E-state index contributed by atoms with van der Waals surface area (Å²) in [7, 11) is 0. The van der Waals surface area contributed by atoms with Gasteiger partial charge in [0.1, 0.15) is 0 Å². The van der Waals surface area contributed by atoms with Gasteiger partial charge in [-0.25, -0.2) is 0 Å². The second-order valence-electron chi connectivity index (χ2n) is 7.38. The molecule has 2 fully saturated rings. The highest BCUT2D eigenvalue weighted by molar-refractivity contribution is 5.03. The fourth-order valence-electron chi connectivity index (χ4n) is 4.05. The second-order valence-corrected chi connectivity index (χ2v) is 7.38. The highest BCUT2D eigenvalue weighted by atomic mass is 16.3. The van der Waals surface area contributed by atoms with E-state index in [1.54, 1.807) is 0 Å². The lowest BCUT2D eigenvalue weighted by Crippen LogP contribution is -2.58. The van der Waals surface area contributed by atoms with Gasteiger partial charge in [-0.3, -0.25) is 0 Å². The van der Waals surface area contributed by atoms with E-state index in [-0.39, 0.29) is 5.54 Å². The van der Waals surface area contributed by atoms with Crippen molar-refractivity contribution in [1.82, 2.24) is 10.2 Å². The Morgan fingerprint density at radius 2 is 1.90 bits per heavy atom. The maximum absolute atomic E-state index is 10.1. The fraction of sp³-hybridized carbons (Fsp3) is 1.00. The number of likely N-dealkylation sites (tertiary alicyclic amines) is 1. The molecule has 0 aromatic carbocycles. The quantitative estimate of drug-likeness (QED) is 0.686. The third kappa shape index (κ3) is 4.94. The lowest BCUT2D eigenvalue weighted by atomic mass is 9.92. The van der Waals surface area contributed by atoms with Gasteiger partial charge in [0, 0.05) is 6.54 Å². The Kier molecular flexibility index (Phi) is 6.97. The monoisotopic (exact) mass is 296 g/mol. The van der Waals surface area contributed by atoms with Gasteiger partial charge in [0.15, 0.2) is 0 Å². The Hall–Kier alpha value is -0.120. The van der Waals surface area contributed by atoms with Crippen LogP contribution in [0.2, 0.25) is 0 Å². The summed E-state index contributed by atoms with van der Waals surface area (Å²) in [5.41, 5.74) is -0.0272. The smallest absolute Gasteiger partial charge is 0.0628 e. The number of hydrogen-bond acceptors (Lipinski definition) is 3. The zero-order valence-corrected chi connectivity index (χ0v) is 14.2. The van der Waals surface area contributed by atoms with Gasteiger partial charge in [-0.05, 0) is 70.0 Å². The average Bonchev–Trinajstić information content (AvgIpc) is 3.33. The van der Waals surface area contributed by atoms with E-state index in [1.165, 1.54) is 58.0 Å². The number of aliphatic hydroxyl groups excluding tert-OH is 1. The molecule has 0 spiro atoms. The van der Waals surface area contributed by atoms with Crippen LogP contribution in [0, 0.1) is 11.8 Å². The van der Waals surface area contributed by atoms with Crippen LogP contribution in [0.5, 0.6) is 0 Å². The van der Waals surface area contributed by atoms with Crippen molar-refractivity contribution in [2.45, 2.75) is 70.8 Å². The van der Waals surface area contributed by atoms with Crippen LogP contribution in [0.1, 0.15) is 65.2 Å². The normalized spacial score (nSPS) is 27.3. The molecule has 1 saturated carbocycles. The molecule has 1 saturated heterocycles. The number of nitrogens with one attached hydrogen (secondary N) is 1. The van der Waals surface area contributed by atoms with Crippen molar-refractivity contribution in [3.63, 3.8) is 0 Å². The molecule has 1 heterocycles. The number of hydrogen-bond donors (Lipinski definition) is 2. The van der Waals surface area contributed by atoms with Gasteiger partial charge in [-0.15, -0.1) is 0 Å². The predicted octanol–water partition coefficient (Wildman–Crippen LogP) is 3.03. The van der Waals surface area contributed by atoms with E-state index in [1.807, 2.05) is 0 Å². The third-order valence-electron chi connectivity index (χ3n) is 5.51. The van der Waals surface area contributed by atoms with Gasteiger partial charge in [0.25, 0.3) is 0 Å². The lowest BCUT2D eigenvalue weighted by molar-refractivity contribution is 0.0913. The van der Waals surface area contributed by atoms with Crippen molar-refractivity contribution in [1.29, 1.82) is 0 Å². The van der Waals surface area contributed by atoms with Crippen molar-refractivity contribution in [2.24, 2.45) is 11.8 Å². The van der Waals surface area contributed by atoms with Gasteiger partial charge in [-0.2, -0.15) is 0 Å². The predicted molar refractivity (Wildman–Crippen MR) is 89.5 cm³/mol. The summed E-state index contributed by atoms with van der Waals surface area (Å²) in [4.78, 5) is 2.63. The van der Waals surface area contributed by atoms with Crippen molar-refractivity contribution in [2.75, 3.05) is 32.8 Å². The number of aliphatic hydroxyl groups is 1. The first kappa shape index (κ1) is 17.2. The molecule has 0 amide bonds. The van der Waals surface area contributed by atoms with Gasteiger partial charge >= 0.3 is 0 Å². The number of rotatable bonds is 9. The molecule has 0 bridgehead atoms. The first-order valence-electron chi connectivity index (χ1n) is 9.32. The van der Waals surface area contributed by atoms with Gasteiger partial charge in [0.2, 0.25) is 0 Å². The molecule has 0 radical (unpaired) electrons. The lowest BCUT2D eigenvalue weighted by Gasteiger charge is -2.38. The van der Waals surface area contributed by atoms with Crippen molar-refractivity contribution < 1.29 is 5.11 Å². The minimum absolute atomic E-state index is 0.0272. The van der Waals surface area contributed by atoms with Crippen LogP contribution in [0.3, 0.4) is 0 Å². The summed E-state index contributed by atoms with van der Waals surface area (Å²) < 4.78 is 0. The van der Waals surface area contributed by atoms with Crippen LogP contribution in [-0.2, 0) is 0 Å². The topological polar surface area (TPSA) is 35.5 Å². The van der Waals surface area contributed by atoms with Crippen LogP contribution in [0.25, 0.3) is 0 Å². The molecule has 2 unspecified atom stereocenters. The van der Waals surface area contributed by atoms with Crippen LogP contribution in [0.4, 0.5) is 0 Å². The van der Waals surface area contributed by atoms with Crippen LogP contribution < -0.4 is 5.32 Å². The minimum atomic E-state index is -0.0272. The molecular weight excluding hydrogens is 260 g/mol. The molecular formula is C18H36N2O. The maximum Gasteiger partial charge on any atom is 0.0628 e. The molecule has 3 nitrogen and oxygen atoms in total. The maximum atomic E-state index is 10.1. The molecule has 2 N–H and O–H groups in total. The van der Waals surface area contributed by atoms with Gasteiger partial charge < -0.3 is 15.3 Å². The van der Waals surface area contributed by atoms with Crippen LogP contribution in [-0.4, -0.2) is 48.3 Å². The first-order chi connectivity index (χ1) is 10.2. The largest absolute Gasteiger partial charge is 0.394 e. The van der Waals surface area contributed by atoms with Gasteiger partial charge in [-0.1, -0.05) is 26.7 Å². The number of nitrogens with zero attached hydrogens (tertiary/aromatic N) is 1. The summed E-state index contributed by atoms with van der Waals surface area (Å²) >= 11 is 0. The first-order valence-corrected chi connectivity index (χ1v) is 9.32. The zero-order chi connectivity index (χ0) is 15.1. The highest BCUT2D eigenvalue weighted by Gasteiger charge is 2.45. The molecule has 2 aliphatic rings. The van der Waals surface area contributed by atoms with Crippen molar-refractivity contribution in [3.8, 4) is 0 Å². The van der Waals surface area contributed by atoms with Crippen molar-refractivity contribution in [3.05, 3.63) is 0 Å². The molecule has 124 valence electrons. The highest BCUT2D eigenvalue weighted by Crippen LogP contribution is 2.40. The van der Waals surface area contributed by atoms with Crippen LogP contribution in [0.15, 0.2) is 0 Å². The van der Waals surface area contributed by atoms with E-state index in [9.17, 15) is 5.11 Å². The molecule has 0 aromatic heterocycles. The molecule has 2 rings (SSSR count). The summed E-state index contributed by atoms with van der Waals surface area (Å²) in [6.45, 7) is 9.35.